The molecule has 4 nitrogen and oxygen atoms in total. The van der Waals surface area contributed by atoms with E-state index < -0.39 is 0 Å². The Morgan fingerprint density at radius 1 is 1.12 bits per heavy atom. The van der Waals surface area contributed by atoms with E-state index >= 15 is 0 Å². The van der Waals surface area contributed by atoms with Gasteiger partial charge in [-0.1, -0.05) is 18.2 Å². The normalized spacial score (nSPS) is 17.6. The van der Waals surface area contributed by atoms with E-state index in [0.717, 1.165) is 37.2 Å². The predicted molar refractivity (Wildman–Crippen MR) is 94.2 cm³/mol. The van der Waals surface area contributed by atoms with Crippen LogP contribution in [0, 0.1) is 11.7 Å². The lowest BCUT2D eigenvalue weighted by Crippen LogP contribution is -2.21. The molecule has 1 saturated heterocycles. The van der Waals surface area contributed by atoms with E-state index in [4.69, 9.17) is 9.47 Å². The molecule has 2 aromatic rings. The van der Waals surface area contributed by atoms with Gasteiger partial charge in [-0.2, -0.15) is 0 Å². The van der Waals surface area contributed by atoms with Gasteiger partial charge < -0.3 is 14.6 Å². The van der Waals surface area contributed by atoms with E-state index in [0.29, 0.717) is 24.0 Å². The van der Waals surface area contributed by atoms with Crippen molar-refractivity contribution in [2.45, 2.75) is 19.6 Å². The van der Waals surface area contributed by atoms with Crippen molar-refractivity contribution in [3.63, 3.8) is 0 Å². The van der Waals surface area contributed by atoms with Crippen LogP contribution in [0.5, 0.6) is 11.5 Å². The van der Waals surface area contributed by atoms with Crippen LogP contribution in [0.15, 0.2) is 42.5 Å². The van der Waals surface area contributed by atoms with Gasteiger partial charge in [-0.25, -0.2) is 4.39 Å². The molecular weight excluding hydrogens is 321 g/mol. The minimum absolute atomic E-state index is 0.254. The van der Waals surface area contributed by atoms with Crippen molar-refractivity contribution in [2.75, 3.05) is 26.8 Å². The number of hydrogen-bond acceptors (Lipinski definition) is 4. The summed E-state index contributed by atoms with van der Waals surface area (Å²) in [5.41, 5.74) is 2.06. The minimum atomic E-state index is -0.254. The smallest absolute Gasteiger partial charge is 0.161 e. The van der Waals surface area contributed by atoms with Crippen LogP contribution >= 0.6 is 0 Å². The Bertz CT molecular complexity index is 690. The summed E-state index contributed by atoms with van der Waals surface area (Å²) >= 11 is 0. The molecule has 0 radical (unpaired) electrons. The number of benzene rings is 2. The minimum Gasteiger partial charge on any atom is -0.493 e. The summed E-state index contributed by atoms with van der Waals surface area (Å²) in [6.45, 7) is 3.40. The molecule has 1 N–H and O–H groups in total. The molecular formula is C20H24FNO3. The number of aliphatic hydroxyl groups is 1. The molecule has 25 heavy (non-hydrogen) atoms. The van der Waals surface area contributed by atoms with Crippen LogP contribution in [0.1, 0.15) is 17.5 Å². The molecule has 2 aromatic carbocycles. The van der Waals surface area contributed by atoms with Crippen LogP contribution in [-0.2, 0) is 13.2 Å². The molecule has 0 saturated carbocycles. The fourth-order valence-electron chi connectivity index (χ4n) is 3.14. The Labute approximate surface area is 147 Å². The Hall–Kier alpha value is -2.11. The number of nitrogens with zero attached hydrogens (tertiary/aromatic N) is 1. The number of likely N-dealkylation sites (tertiary alicyclic amines) is 1. The van der Waals surface area contributed by atoms with Crippen molar-refractivity contribution >= 4 is 0 Å². The molecule has 1 aliphatic rings. The Morgan fingerprint density at radius 2 is 1.88 bits per heavy atom. The molecule has 0 spiro atoms. The number of rotatable bonds is 7. The standard InChI is InChI=1S/C20H24FNO3/c1-24-20-10-16(11-22-9-8-17(12-22)13-23)4-7-19(20)25-14-15-2-5-18(21)6-3-15/h2-7,10,17,23H,8-9,11-14H2,1H3. The molecule has 0 aromatic heterocycles. The van der Waals surface area contributed by atoms with E-state index in [9.17, 15) is 9.50 Å². The average Bonchev–Trinajstić information content (AvgIpc) is 3.09. The highest BCUT2D eigenvalue weighted by molar-refractivity contribution is 5.43. The number of hydrogen-bond donors (Lipinski definition) is 1. The van der Waals surface area contributed by atoms with Crippen LogP contribution < -0.4 is 9.47 Å². The number of ether oxygens (including phenoxy) is 2. The van der Waals surface area contributed by atoms with Gasteiger partial charge in [0.05, 0.1) is 7.11 Å². The summed E-state index contributed by atoms with van der Waals surface area (Å²) in [4.78, 5) is 2.34. The molecule has 1 atom stereocenters. The maximum atomic E-state index is 12.9. The van der Waals surface area contributed by atoms with E-state index in [1.807, 2.05) is 18.2 Å². The SMILES string of the molecule is COc1cc(CN2CCC(CO)C2)ccc1OCc1ccc(F)cc1. The summed E-state index contributed by atoms with van der Waals surface area (Å²) < 4.78 is 24.2. The van der Waals surface area contributed by atoms with Crippen LogP contribution in [0.25, 0.3) is 0 Å². The molecule has 0 aliphatic carbocycles. The van der Waals surface area contributed by atoms with Gasteiger partial charge in [0.15, 0.2) is 11.5 Å². The Balaban J connectivity index is 1.62. The van der Waals surface area contributed by atoms with Gasteiger partial charge >= 0.3 is 0 Å². The molecule has 1 unspecified atom stereocenters. The molecule has 0 bridgehead atoms. The van der Waals surface area contributed by atoms with Crippen molar-refractivity contribution in [1.82, 2.24) is 4.90 Å². The largest absolute Gasteiger partial charge is 0.493 e. The lowest BCUT2D eigenvalue weighted by molar-refractivity contribution is 0.220. The monoisotopic (exact) mass is 345 g/mol. The van der Waals surface area contributed by atoms with E-state index in [-0.39, 0.29) is 12.4 Å². The summed E-state index contributed by atoms with van der Waals surface area (Å²) in [7, 11) is 1.63. The second-order valence-electron chi connectivity index (χ2n) is 6.47. The summed E-state index contributed by atoms with van der Waals surface area (Å²) in [5.74, 6) is 1.50. The third kappa shape index (κ3) is 4.71. The highest BCUT2D eigenvalue weighted by Crippen LogP contribution is 2.30. The number of aliphatic hydroxyl groups excluding tert-OH is 1. The lowest BCUT2D eigenvalue weighted by atomic mass is 10.1. The second-order valence-corrected chi connectivity index (χ2v) is 6.47. The van der Waals surface area contributed by atoms with E-state index in [1.54, 1.807) is 19.2 Å². The van der Waals surface area contributed by atoms with Gasteiger partial charge in [-0.3, -0.25) is 4.90 Å². The predicted octanol–water partition coefficient (Wildman–Crippen LogP) is 3.23. The second kappa shape index (κ2) is 8.32. The van der Waals surface area contributed by atoms with Gasteiger partial charge in [-0.05, 0) is 54.3 Å². The number of methoxy groups -OCH3 is 1. The summed E-state index contributed by atoms with van der Waals surface area (Å²) in [6, 6.07) is 12.2. The van der Waals surface area contributed by atoms with Gasteiger partial charge in [-0.15, -0.1) is 0 Å². The first kappa shape index (κ1) is 17.7. The van der Waals surface area contributed by atoms with Crippen LogP contribution in [0.2, 0.25) is 0 Å². The van der Waals surface area contributed by atoms with Crippen LogP contribution in [0.4, 0.5) is 4.39 Å². The fourth-order valence-corrected chi connectivity index (χ4v) is 3.14. The van der Waals surface area contributed by atoms with Crippen LogP contribution in [-0.4, -0.2) is 36.8 Å². The molecule has 1 heterocycles. The lowest BCUT2D eigenvalue weighted by Gasteiger charge is -2.17. The molecule has 3 rings (SSSR count). The highest BCUT2D eigenvalue weighted by atomic mass is 19.1. The third-order valence-electron chi connectivity index (χ3n) is 4.57. The zero-order chi connectivity index (χ0) is 17.6. The van der Waals surface area contributed by atoms with Gasteiger partial charge in [0.25, 0.3) is 0 Å². The highest BCUT2D eigenvalue weighted by Gasteiger charge is 2.21. The third-order valence-corrected chi connectivity index (χ3v) is 4.57. The maximum absolute atomic E-state index is 12.9. The quantitative estimate of drug-likeness (QED) is 0.837. The molecule has 1 fully saturated rings. The summed E-state index contributed by atoms with van der Waals surface area (Å²) in [6.07, 6.45) is 1.05. The molecule has 0 amide bonds. The van der Waals surface area contributed by atoms with Gasteiger partial charge in [0.1, 0.15) is 12.4 Å². The van der Waals surface area contributed by atoms with Crippen molar-refractivity contribution < 1.29 is 19.0 Å². The molecule has 134 valence electrons. The fraction of sp³-hybridized carbons (Fsp3) is 0.400. The zero-order valence-electron chi connectivity index (χ0n) is 14.5. The Morgan fingerprint density at radius 3 is 2.56 bits per heavy atom. The summed E-state index contributed by atoms with van der Waals surface area (Å²) in [5, 5.41) is 9.25. The maximum Gasteiger partial charge on any atom is 0.161 e. The first-order chi connectivity index (χ1) is 12.2. The van der Waals surface area contributed by atoms with Crippen molar-refractivity contribution in [1.29, 1.82) is 0 Å². The van der Waals surface area contributed by atoms with E-state index in [1.165, 1.54) is 12.1 Å². The average molecular weight is 345 g/mol. The van der Waals surface area contributed by atoms with Gasteiger partial charge in [0, 0.05) is 19.7 Å². The topological polar surface area (TPSA) is 41.9 Å². The number of halogens is 1. The first-order valence-corrected chi connectivity index (χ1v) is 8.55. The van der Waals surface area contributed by atoms with Crippen LogP contribution in [0.3, 0.4) is 0 Å². The Kier molecular flexibility index (Phi) is 5.89. The zero-order valence-corrected chi connectivity index (χ0v) is 14.5. The molecule has 5 heteroatoms. The van der Waals surface area contributed by atoms with Crippen molar-refractivity contribution in [3.05, 3.63) is 59.4 Å². The van der Waals surface area contributed by atoms with E-state index in [2.05, 4.69) is 4.90 Å². The van der Waals surface area contributed by atoms with Gasteiger partial charge in [0.2, 0.25) is 0 Å². The first-order valence-electron chi connectivity index (χ1n) is 8.55. The molecule has 1 aliphatic heterocycles. The van der Waals surface area contributed by atoms with Crippen molar-refractivity contribution in [3.8, 4) is 11.5 Å². The van der Waals surface area contributed by atoms with Crippen molar-refractivity contribution in [2.24, 2.45) is 5.92 Å².